The van der Waals surface area contributed by atoms with E-state index in [1.165, 1.54) is 50.2 Å². The van der Waals surface area contributed by atoms with Crippen molar-refractivity contribution in [2.24, 2.45) is 4.99 Å². The molecule has 2 aromatic carbocycles. The van der Waals surface area contributed by atoms with Gasteiger partial charge in [-0.05, 0) is 44.2 Å². The summed E-state index contributed by atoms with van der Waals surface area (Å²) in [6.45, 7) is 3.50. The lowest BCUT2D eigenvalue weighted by atomic mass is 9.94. The van der Waals surface area contributed by atoms with Crippen LogP contribution in [0.15, 0.2) is 57.5 Å². The average molecular weight is 540 g/mol. The molecule has 1 atom stereocenters. The van der Waals surface area contributed by atoms with Gasteiger partial charge in [0.1, 0.15) is 23.3 Å². The quantitative estimate of drug-likeness (QED) is 0.243. The average Bonchev–Trinajstić information content (AvgIpc) is 3.21. The first-order valence-corrected chi connectivity index (χ1v) is 12.3. The highest BCUT2D eigenvalue weighted by atomic mass is 32.1. The van der Waals surface area contributed by atoms with E-state index in [0.29, 0.717) is 38.9 Å². The Balaban J connectivity index is 2.03. The van der Waals surface area contributed by atoms with Crippen molar-refractivity contribution in [3.8, 4) is 17.2 Å². The van der Waals surface area contributed by atoms with E-state index in [1.54, 1.807) is 32.0 Å². The van der Waals surface area contributed by atoms with Gasteiger partial charge in [-0.3, -0.25) is 19.5 Å². The van der Waals surface area contributed by atoms with Gasteiger partial charge in [-0.15, -0.1) is 0 Å². The van der Waals surface area contributed by atoms with E-state index in [-0.39, 0.29) is 22.4 Å². The number of nitro benzene ring substituents is 1. The number of hydrogen-bond acceptors (Lipinski definition) is 10. The number of nitro groups is 1. The van der Waals surface area contributed by atoms with Gasteiger partial charge in [0.05, 0.1) is 48.7 Å². The molecule has 1 aliphatic rings. The van der Waals surface area contributed by atoms with Gasteiger partial charge in [-0.1, -0.05) is 11.3 Å². The second-order valence-electron chi connectivity index (χ2n) is 8.09. The van der Waals surface area contributed by atoms with E-state index in [2.05, 4.69) is 4.99 Å². The molecule has 38 heavy (non-hydrogen) atoms. The summed E-state index contributed by atoms with van der Waals surface area (Å²) >= 11 is 1.09. The van der Waals surface area contributed by atoms with E-state index in [9.17, 15) is 19.7 Å². The van der Waals surface area contributed by atoms with Crippen molar-refractivity contribution in [2.45, 2.75) is 19.9 Å². The number of hydrogen-bond donors (Lipinski definition) is 0. The van der Waals surface area contributed by atoms with Crippen LogP contribution in [0.1, 0.15) is 31.0 Å². The molecule has 1 aromatic heterocycles. The Kier molecular flexibility index (Phi) is 7.62. The normalized spacial score (nSPS) is 15.0. The van der Waals surface area contributed by atoms with Crippen molar-refractivity contribution in [1.29, 1.82) is 0 Å². The van der Waals surface area contributed by atoms with Gasteiger partial charge >= 0.3 is 5.97 Å². The minimum absolute atomic E-state index is 0.134. The molecule has 12 heteroatoms. The number of fused-ring (bicyclic) bond motifs is 1. The van der Waals surface area contributed by atoms with Gasteiger partial charge in [-0.2, -0.15) is 0 Å². The maximum Gasteiger partial charge on any atom is 0.338 e. The van der Waals surface area contributed by atoms with Crippen LogP contribution in [0.3, 0.4) is 0 Å². The van der Waals surface area contributed by atoms with Crippen LogP contribution in [0.25, 0.3) is 6.08 Å². The number of methoxy groups -OCH3 is 3. The van der Waals surface area contributed by atoms with Gasteiger partial charge in [0.15, 0.2) is 4.80 Å². The maximum atomic E-state index is 13.9. The monoisotopic (exact) mass is 539 g/mol. The zero-order chi connectivity index (χ0) is 27.6. The minimum atomic E-state index is -0.926. The Labute approximate surface area is 221 Å². The Hall–Kier alpha value is -4.45. The molecule has 0 aliphatic carbocycles. The molecular weight excluding hydrogens is 514 g/mol. The Morgan fingerprint density at radius 3 is 2.47 bits per heavy atom. The van der Waals surface area contributed by atoms with Crippen molar-refractivity contribution in [2.75, 3.05) is 27.9 Å². The Bertz CT molecular complexity index is 1640. The smallest absolute Gasteiger partial charge is 0.338 e. The number of ether oxygens (including phenoxy) is 4. The zero-order valence-corrected chi connectivity index (χ0v) is 22.2. The van der Waals surface area contributed by atoms with Crippen LogP contribution >= 0.6 is 11.3 Å². The number of rotatable bonds is 8. The molecule has 11 nitrogen and oxygen atoms in total. The molecule has 0 spiro atoms. The van der Waals surface area contributed by atoms with Crippen LogP contribution < -0.4 is 29.1 Å². The SMILES string of the molecule is CCOC(=O)C1=C(C)N=c2s/c(=C/c3cc([N+](=O)[O-])ccc3OC)c(=O)n2C1c1cc(OC)ccc1OC. The highest BCUT2D eigenvalue weighted by Crippen LogP contribution is 2.37. The number of esters is 1. The molecule has 0 fully saturated rings. The van der Waals surface area contributed by atoms with Crippen molar-refractivity contribution >= 4 is 29.1 Å². The van der Waals surface area contributed by atoms with E-state index in [1.807, 2.05) is 0 Å². The van der Waals surface area contributed by atoms with Crippen LogP contribution in [-0.4, -0.2) is 43.4 Å². The summed E-state index contributed by atoms with van der Waals surface area (Å²) in [6, 6.07) is 8.29. The number of benzene rings is 2. The molecule has 1 unspecified atom stereocenters. The molecule has 0 saturated heterocycles. The number of nitrogens with zero attached hydrogens (tertiary/aromatic N) is 3. The fraction of sp³-hybridized carbons (Fsp3) is 0.269. The van der Waals surface area contributed by atoms with Crippen molar-refractivity contribution < 1.29 is 28.7 Å². The van der Waals surface area contributed by atoms with Crippen LogP contribution in [0.2, 0.25) is 0 Å². The largest absolute Gasteiger partial charge is 0.497 e. The topological polar surface area (TPSA) is 131 Å². The molecule has 0 bridgehead atoms. The number of allylic oxidation sites excluding steroid dienone is 1. The van der Waals surface area contributed by atoms with Crippen LogP contribution in [0, 0.1) is 10.1 Å². The number of aromatic nitrogens is 1. The predicted octanol–water partition coefficient (Wildman–Crippen LogP) is 2.73. The van der Waals surface area contributed by atoms with E-state index >= 15 is 0 Å². The summed E-state index contributed by atoms with van der Waals surface area (Å²) in [6.07, 6.45) is 1.51. The standard InChI is InChI=1S/C26H25N3O8S/c1-6-37-25(31)22-14(2)27-26-28(23(22)18-13-17(34-3)8-10-20(18)36-5)24(30)21(38-26)12-15-11-16(29(32)33)7-9-19(15)35-4/h7-13,23H,6H2,1-5H3/b21-12+. The zero-order valence-electron chi connectivity index (χ0n) is 21.3. The Morgan fingerprint density at radius 2 is 1.84 bits per heavy atom. The molecule has 0 amide bonds. The lowest BCUT2D eigenvalue weighted by Crippen LogP contribution is -2.40. The minimum Gasteiger partial charge on any atom is -0.497 e. The first kappa shape index (κ1) is 26.6. The first-order valence-electron chi connectivity index (χ1n) is 11.5. The number of carbonyl (C=O) groups excluding carboxylic acids is 1. The maximum absolute atomic E-state index is 13.9. The van der Waals surface area contributed by atoms with Crippen LogP contribution in [0.5, 0.6) is 17.2 Å². The first-order chi connectivity index (χ1) is 18.2. The van der Waals surface area contributed by atoms with Gasteiger partial charge in [0.2, 0.25) is 0 Å². The van der Waals surface area contributed by atoms with Gasteiger partial charge in [0.25, 0.3) is 11.2 Å². The summed E-state index contributed by atoms with van der Waals surface area (Å²) < 4.78 is 23.3. The second-order valence-corrected chi connectivity index (χ2v) is 9.10. The molecule has 0 saturated carbocycles. The molecule has 1 aliphatic heterocycles. The summed E-state index contributed by atoms with van der Waals surface area (Å²) in [7, 11) is 4.44. The highest BCUT2D eigenvalue weighted by molar-refractivity contribution is 7.07. The summed E-state index contributed by atoms with van der Waals surface area (Å²) in [5, 5.41) is 11.3. The van der Waals surface area contributed by atoms with Crippen LogP contribution in [0.4, 0.5) is 5.69 Å². The predicted molar refractivity (Wildman–Crippen MR) is 140 cm³/mol. The highest BCUT2D eigenvalue weighted by Gasteiger charge is 2.35. The number of carbonyl (C=O) groups is 1. The molecule has 4 rings (SSSR count). The van der Waals surface area contributed by atoms with E-state index < -0.39 is 22.5 Å². The fourth-order valence-electron chi connectivity index (χ4n) is 4.23. The molecule has 0 N–H and O–H groups in total. The van der Waals surface area contributed by atoms with Crippen molar-refractivity contribution in [1.82, 2.24) is 4.57 Å². The third-order valence-electron chi connectivity index (χ3n) is 5.96. The third-order valence-corrected chi connectivity index (χ3v) is 6.94. The van der Waals surface area contributed by atoms with Crippen molar-refractivity contribution in [3.63, 3.8) is 0 Å². The molecular formula is C26H25N3O8S. The Morgan fingerprint density at radius 1 is 1.13 bits per heavy atom. The molecule has 0 radical (unpaired) electrons. The fourth-order valence-corrected chi connectivity index (χ4v) is 5.27. The van der Waals surface area contributed by atoms with Gasteiger partial charge < -0.3 is 18.9 Å². The van der Waals surface area contributed by atoms with Crippen LogP contribution in [-0.2, 0) is 9.53 Å². The number of thiazole rings is 1. The van der Waals surface area contributed by atoms with E-state index in [4.69, 9.17) is 18.9 Å². The lowest BCUT2D eigenvalue weighted by molar-refractivity contribution is -0.384. The summed E-state index contributed by atoms with van der Waals surface area (Å²) in [5.74, 6) is 0.679. The van der Waals surface area contributed by atoms with Gasteiger partial charge in [-0.25, -0.2) is 9.79 Å². The third kappa shape index (κ3) is 4.77. The number of non-ortho nitro benzene ring substituents is 1. The molecule has 3 aromatic rings. The summed E-state index contributed by atoms with van der Waals surface area (Å²) in [4.78, 5) is 42.7. The second kappa shape index (κ2) is 10.9. The lowest BCUT2D eigenvalue weighted by Gasteiger charge is -2.26. The molecule has 198 valence electrons. The summed E-state index contributed by atoms with van der Waals surface area (Å²) in [5.41, 5.74) is 0.827. The molecule has 2 heterocycles. The van der Waals surface area contributed by atoms with Crippen molar-refractivity contribution in [3.05, 3.63) is 88.6 Å². The van der Waals surface area contributed by atoms with Gasteiger partial charge in [0, 0.05) is 23.3 Å². The van der Waals surface area contributed by atoms with E-state index in [0.717, 1.165) is 11.3 Å².